The zero-order valence-corrected chi connectivity index (χ0v) is 16.4. The number of carbonyl (C=O) groups excluding carboxylic acids is 1. The van der Waals surface area contributed by atoms with Gasteiger partial charge in [0.1, 0.15) is 0 Å². The Hall–Kier alpha value is -1.11. The molecule has 0 aromatic heterocycles. The van der Waals surface area contributed by atoms with Crippen molar-refractivity contribution >= 4 is 5.91 Å². The molecular weight excluding hydrogens is 342 g/mol. The van der Waals surface area contributed by atoms with Gasteiger partial charge in [-0.05, 0) is 50.9 Å². The molecule has 26 heavy (non-hydrogen) atoms. The van der Waals surface area contributed by atoms with Gasteiger partial charge in [-0.1, -0.05) is 12.1 Å². The molecule has 2 rings (SSSR count). The Kier molecular flexibility index (Phi) is 10.2. The van der Waals surface area contributed by atoms with Crippen LogP contribution in [0.25, 0.3) is 0 Å². The van der Waals surface area contributed by atoms with E-state index in [0.717, 1.165) is 32.5 Å². The van der Waals surface area contributed by atoms with Crippen LogP contribution in [0.4, 0.5) is 8.78 Å². The molecule has 0 radical (unpaired) electrons. The van der Waals surface area contributed by atoms with Gasteiger partial charge in [-0.15, -0.1) is 0 Å². The third-order valence-corrected chi connectivity index (χ3v) is 5.35. The van der Waals surface area contributed by atoms with Gasteiger partial charge >= 0.3 is 0 Å². The van der Waals surface area contributed by atoms with Crippen molar-refractivity contribution in [3.8, 4) is 0 Å². The summed E-state index contributed by atoms with van der Waals surface area (Å²) in [6.07, 6.45) is 4.66. The van der Waals surface area contributed by atoms with Gasteiger partial charge in [0.05, 0.1) is 12.6 Å². The Bertz CT molecular complexity index is 423. The average Bonchev–Trinajstić information content (AvgIpc) is 2.62. The fourth-order valence-corrected chi connectivity index (χ4v) is 3.67. The number of carbonyl (C=O) groups is 1. The van der Waals surface area contributed by atoms with Crippen LogP contribution in [0.15, 0.2) is 5.18 Å². The molecule has 7 heteroatoms. The van der Waals surface area contributed by atoms with Crippen LogP contribution < -0.4 is 0 Å². The highest BCUT2D eigenvalue weighted by atomic mass is 19.3. The number of ether oxygens (including phenoxy) is 1. The third-order valence-electron chi connectivity index (χ3n) is 5.35. The summed E-state index contributed by atoms with van der Waals surface area (Å²) >= 11 is 0. The van der Waals surface area contributed by atoms with Crippen molar-refractivity contribution in [3.63, 3.8) is 0 Å². The van der Waals surface area contributed by atoms with Crippen LogP contribution in [0.3, 0.4) is 0 Å². The quantitative estimate of drug-likeness (QED) is 0.635. The molecule has 2 atom stereocenters. The summed E-state index contributed by atoms with van der Waals surface area (Å²) in [4.78, 5) is 23.8. The fraction of sp³-hybridized carbons (Fsp3) is 0.947. The number of hydrogen-bond donors (Lipinski definition) is 0. The van der Waals surface area contributed by atoms with Crippen LogP contribution in [-0.2, 0) is 9.53 Å². The normalized spacial score (nSPS) is 24.3. The third kappa shape index (κ3) is 8.06. The molecule has 0 N–H and O–H groups in total. The van der Waals surface area contributed by atoms with E-state index in [1.807, 2.05) is 4.90 Å². The first-order valence-corrected chi connectivity index (χ1v) is 9.80. The zero-order valence-electron chi connectivity index (χ0n) is 16.4. The maximum Gasteiger partial charge on any atom is 0.248 e. The summed E-state index contributed by atoms with van der Waals surface area (Å²) in [5.41, 5.74) is 0. The van der Waals surface area contributed by atoms with Gasteiger partial charge < -0.3 is 9.64 Å². The van der Waals surface area contributed by atoms with E-state index in [9.17, 15) is 18.5 Å². The van der Waals surface area contributed by atoms with Gasteiger partial charge in [0.25, 0.3) is 0 Å². The maximum atomic E-state index is 12.6. The van der Waals surface area contributed by atoms with Crippen molar-refractivity contribution in [2.24, 2.45) is 17.0 Å². The average molecular weight is 376 g/mol. The molecule has 1 amide bonds. The Balaban J connectivity index is 0.000000263. The molecule has 1 saturated carbocycles. The molecule has 1 heterocycles. The Labute approximate surface area is 155 Å². The number of likely N-dealkylation sites (tertiary alicyclic amines) is 1. The van der Waals surface area contributed by atoms with Crippen LogP contribution in [-0.4, -0.2) is 49.6 Å². The first kappa shape index (κ1) is 22.9. The maximum absolute atomic E-state index is 12.6. The SMILES string of the molecule is CC(N=O)C1CCC(F)(F)CC1.CCCC(=O)N1CCCC(COC)C1. The lowest BCUT2D eigenvalue weighted by molar-refractivity contribution is -0.133. The summed E-state index contributed by atoms with van der Waals surface area (Å²) in [6, 6.07) is -0.305. The predicted molar refractivity (Wildman–Crippen MR) is 98.3 cm³/mol. The topological polar surface area (TPSA) is 59.0 Å². The second-order valence-electron chi connectivity index (χ2n) is 7.59. The predicted octanol–water partition coefficient (Wildman–Crippen LogP) is 4.64. The first-order chi connectivity index (χ1) is 12.3. The highest BCUT2D eigenvalue weighted by Crippen LogP contribution is 2.37. The largest absolute Gasteiger partial charge is 0.384 e. The molecule has 152 valence electrons. The first-order valence-electron chi connectivity index (χ1n) is 9.80. The van der Waals surface area contributed by atoms with E-state index >= 15 is 0 Å². The van der Waals surface area contributed by atoms with E-state index in [-0.39, 0.29) is 24.8 Å². The van der Waals surface area contributed by atoms with Gasteiger partial charge in [-0.2, -0.15) is 4.91 Å². The number of alkyl halides is 2. The molecule has 0 bridgehead atoms. The number of methoxy groups -OCH3 is 1. The molecule has 0 spiro atoms. The summed E-state index contributed by atoms with van der Waals surface area (Å²) < 4.78 is 30.4. The van der Waals surface area contributed by atoms with Crippen molar-refractivity contribution in [2.45, 2.75) is 77.2 Å². The molecule has 1 aliphatic heterocycles. The molecule has 5 nitrogen and oxygen atoms in total. The summed E-state index contributed by atoms with van der Waals surface area (Å²) in [5.74, 6) is -1.57. The fourth-order valence-electron chi connectivity index (χ4n) is 3.67. The van der Waals surface area contributed by atoms with E-state index in [4.69, 9.17) is 4.74 Å². The summed E-state index contributed by atoms with van der Waals surface area (Å²) in [5, 5.41) is 2.86. The van der Waals surface area contributed by atoms with Crippen molar-refractivity contribution in [3.05, 3.63) is 4.91 Å². The van der Waals surface area contributed by atoms with Gasteiger partial charge in [-0.3, -0.25) is 4.79 Å². The second-order valence-corrected chi connectivity index (χ2v) is 7.59. The highest BCUT2D eigenvalue weighted by molar-refractivity contribution is 5.76. The number of amides is 1. The van der Waals surface area contributed by atoms with Crippen molar-refractivity contribution in [1.82, 2.24) is 4.90 Å². The molecule has 2 fully saturated rings. The second kappa shape index (κ2) is 11.6. The standard InChI is InChI=1S/C11H21NO2.C8H13F2NO/c1-3-5-11(13)12-7-4-6-10(8-12)9-14-2;1-6(11-12)7-2-4-8(9,10)5-3-7/h10H,3-9H2,1-2H3;6-7H,2-5H2,1H3. The monoisotopic (exact) mass is 376 g/mol. The molecule has 0 aromatic carbocycles. The lowest BCUT2D eigenvalue weighted by Crippen LogP contribution is -2.40. The van der Waals surface area contributed by atoms with Crippen LogP contribution in [0.1, 0.15) is 65.2 Å². The molecule has 2 aliphatic rings. The van der Waals surface area contributed by atoms with Crippen LogP contribution in [0, 0.1) is 16.7 Å². The van der Waals surface area contributed by atoms with Gasteiger partial charge in [0, 0.05) is 39.5 Å². The smallest absolute Gasteiger partial charge is 0.248 e. The molecular formula is C19H34F2N2O3. The minimum Gasteiger partial charge on any atom is -0.384 e. The van der Waals surface area contributed by atoms with Crippen molar-refractivity contribution in [1.29, 1.82) is 0 Å². The van der Waals surface area contributed by atoms with Crippen LogP contribution in [0.5, 0.6) is 0 Å². The van der Waals surface area contributed by atoms with E-state index < -0.39 is 5.92 Å². The van der Waals surface area contributed by atoms with Gasteiger partial charge in [-0.25, -0.2) is 8.78 Å². The van der Waals surface area contributed by atoms with E-state index in [0.29, 0.717) is 31.1 Å². The van der Waals surface area contributed by atoms with Crippen LogP contribution >= 0.6 is 0 Å². The minimum atomic E-state index is -2.50. The van der Waals surface area contributed by atoms with Crippen LogP contribution in [0.2, 0.25) is 0 Å². The Morgan fingerprint density at radius 1 is 1.31 bits per heavy atom. The van der Waals surface area contributed by atoms with Gasteiger partial charge in [0.2, 0.25) is 11.8 Å². The number of nitrogens with zero attached hydrogens (tertiary/aromatic N) is 2. The van der Waals surface area contributed by atoms with Crippen molar-refractivity contribution in [2.75, 3.05) is 26.8 Å². The molecule has 0 aromatic rings. The van der Waals surface area contributed by atoms with Crippen molar-refractivity contribution < 1.29 is 18.3 Å². The van der Waals surface area contributed by atoms with Gasteiger partial charge in [0.15, 0.2) is 0 Å². The number of rotatable bonds is 6. The number of piperidine rings is 1. The number of halogens is 2. The number of nitroso groups, excluding NO2 is 1. The Morgan fingerprint density at radius 2 is 1.96 bits per heavy atom. The lowest BCUT2D eigenvalue weighted by atomic mass is 9.83. The molecule has 1 saturated heterocycles. The van der Waals surface area contributed by atoms with E-state index in [1.165, 1.54) is 6.42 Å². The van der Waals surface area contributed by atoms with E-state index in [2.05, 4.69) is 12.1 Å². The molecule has 1 aliphatic carbocycles. The lowest BCUT2D eigenvalue weighted by Gasteiger charge is -2.32. The minimum absolute atomic E-state index is 0.0714. The summed E-state index contributed by atoms with van der Waals surface area (Å²) in [7, 11) is 1.73. The summed E-state index contributed by atoms with van der Waals surface area (Å²) in [6.45, 7) is 6.37. The molecule has 2 unspecified atom stereocenters. The zero-order chi connectivity index (χ0) is 19.6. The van der Waals surface area contributed by atoms with E-state index in [1.54, 1.807) is 14.0 Å². The highest BCUT2D eigenvalue weighted by Gasteiger charge is 2.36. The number of hydrogen-bond acceptors (Lipinski definition) is 4. The Morgan fingerprint density at radius 3 is 2.50 bits per heavy atom.